The van der Waals surface area contributed by atoms with Crippen molar-refractivity contribution in [1.82, 2.24) is 15.5 Å². The second kappa shape index (κ2) is 9.80. The molecule has 0 aliphatic carbocycles. The number of methoxy groups -OCH3 is 1. The lowest BCUT2D eigenvalue weighted by Crippen LogP contribution is -2.39. The summed E-state index contributed by atoms with van der Waals surface area (Å²) in [5, 5.41) is 6.57. The Morgan fingerprint density at radius 2 is 2.08 bits per heavy atom. The van der Waals surface area contributed by atoms with Crippen LogP contribution in [0.2, 0.25) is 0 Å². The van der Waals surface area contributed by atoms with Crippen LogP contribution < -0.4 is 15.4 Å². The van der Waals surface area contributed by atoms with Crippen molar-refractivity contribution in [1.29, 1.82) is 0 Å². The normalized spacial score (nSPS) is 14.8. The maximum atomic E-state index is 11.6. The molecule has 0 spiro atoms. The number of amides is 1. The molecule has 1 aliphatic rings. The van der Waals surface area contributed by atoms with Gasteiger partial charge in [0.2, 0.25) is 5.91 Å². The maximum absolute atomic E-state index is 11.6. The quantitative estimate of drug-likeness (QED) is 0.432. The molecule has 0 bridgehead atoms. The standard InChI is InChI=1S/C18H28N4O2/c1-3-19-18(20-11-5-13-22-12-4-6-17(22)23)21-14-15-7-9-16(24-2)10-8-15/h7-10H,3-6,11-14H2,1-2H3,(H2,19,20,21). The van der Waals surface area contributed by atoms with Gasteiger partial charge in [-0.2, -0.15) is 0 Å². The first-order chi connectivity index (χ1) is 11.7. The molecule has 0 radical (unpaired) electrons. The Morgan fingerprint density at radius 1 is 1.29 bits per heavy atom. The molecule has 0 unspecified atom stereocenters. The van der Waals surface area contributed by atoms with E-state index in [-0.39, 0.29) is 5.91 Å². The highest BCUT2D eigenvalue weighted by atomic mass is 16.5. The summed E-state index contributed by atoms with van der Waals surface area (Å²) in [6.45, 7) is 6.02. The molecule has 1 saturated heterocycles. The number of carbonyl (C=O) groups is 1. The van der Waals surface area contributed by atoms with Crippen LogP contribution >= 0.6 is 0 Å². The predicted molar refractivity (Wildman–Crippen MR) is 96.2 cm³/mol. The summed E-state index contributed by atoms with van der Waals surface area (Å²) in [6, 6.07) is 7.92. The zero-order chi connectivity index (χ0) is 17.2. The van der Waals surface area contributed by atoms with Crippen molar-refractivity contribution in [2.45, 2.75) is 32.7 Å². The zero-order valence-electron chi connectivity index (χ0n) is 14.7. The SMILES string of the molecule is CCNC(=NCc1ccc(OC)cc1)NCCCN1CCCC1=O. The first kappa shape index (κ1) is 18.1. The molecule has 0 saturated carbocycles. The van der Waals surface area contributed by atoms with Crippen molar-refractivity contribution in [3.63, 3.8) is 0 Å². The van der Waals surface area contributed by atoms with Crippen molar-refractivity contribution in [2.24, 2.45) is 4.99 Å². The summed E-state index contributed by atoms with van der Waals surface area (Å²) in [5.74, 6) is 1.94. The number of carbonyl (C=O) groups excluding carboxylic acids is 1. The number of nitrogens with one attached hydrogen (secondary N) is 2. The minimum Gasteiger partial charge on any atom is -0.497 e. The lowest BCUT2D eigenvalue weighted by molar-refractivity contribution is -0.127. The van der Waals surface area contributed by atoms with Gasteiger partial charge in [0.15, 0.2) is 5.96 Å². The van der Waals surface area contributed by atoms with Gasteiger partial charge in [-0.1, -0.05) is 12.1 Å². The van der Waals surface area contributed by atoms with Gasteiger partial charge in [-0.05, 0) is 37.5 Å². The van der Waals surface area contributed by atoms with Crippen molar-refractivity contribution in [3.05, 3.63) is 29.8 Å². The summed E-state index contributed by atoms with van der Waals surface area (Å²) >= 11 is 0. The number of ether oxygens (including phenoxy) is 1. The number of aliphatic imine (C=N–C) groups is 1. The van der Waals surface area contributed by atoms with Gasteiger partial charge in [0.25, 0.3) is 0 Å². The van der Waals surface area contributed by atoms with Gasteiger partial charge in [-0.25, -0.2) is 4.99 Å². The summed E-state index contributed by atoms with van der Waals surface area (Å²) in [6.07, 6.45) is 2.64. The van der Waals surface area contributed by atoms with Crippen LogP contribution in [-0.2, 0) is 11.3 Å². The lowest BCUT2D eigenvalue weighted by atomic mass is 10.2. The zero-order valence-corrected chi connectivity index (χ0v) is 14.7. The van der Waals surface area contributed by atoms with E-state index in [1.807, 2.05) is 36.1 Å². The van der Waals surface area contributed by atoms with Gasteiger partial charge >= 0.3 is 0 Å². The van der Waals surface area contributed by atoms with Gasteiger partial charge in [0.1, 0.15) is 5.75 Å². The van der Waals surface area contributed by atoms with E-state index in [4.69, 9.17) is 4.74 Å². The van der Waals surface area contributed by atoms with E-state index >= 15 is 0 Å². The monoisotopic (exact) mass is 332 g/mol. The Hall–Kier alpha value is -2.24. The highest BCUT2D eigenvalue weighted by Gasteiger charge is 2.18. The summed E-state index contributed by atoms with van der Waals surface area (Å²) in [5.41, 5.74) is 1.13. The Balaban J connectivity index is 1.76. The van der Waals surface area contributed by atoms with E-state index in [0.29, 0.717) is 13.0 Å². The van der Waals surface area contributed by atoms with E-state index in [9.17, 15) is 4.79 Å². The molecule has 1 amide bonds. The first-order valence-corrected chi connectivity index (χ1v) is 8.66. The minimum atomic E-state index is 0.287. The molecule has 0 aromatic heterocycles. The molecule has 2 N–H and O–H groups in total. The number of hydrogen-bond acceptors (Lipinski definition) is 3. The van der Waals surface area contributed by atoms with E-state index < -0.39 is 0 Å². The second-order valence-corrected chi connectivity index (χ2v) is 5.81. The van der Waals surface area contributed by atoms with Crippen molar-refractivity contribution in [3.8, 4) is 5.75 Å². The van der Waals surface area contributed by atoms with Crippen molar-refractivity contribution >= 4 is 11.9 Å². The van der Waals surface area contributed by atoms with Crippen LogP contribution in [-0.4, -0.2) is 50.1 Å². The molecule has 1 heterocycles. The number of guanidine groups is 1. The van der Waals surface area contributed by atoms with E-state index in [0.717, 1.165) is 56.3 Å². The van der Waals surface area contributed by atoms with E-state index in [2.05, 4.69) is 15.6 Å². The van der Waals surface area contributed by atoms with Gasteiger partial charge in [0, 0.05) is 32.6 Å². The third kappa shape index (κ3) is 5.76. The highest BCUT2D eigenvalue weighted by molar-refractivity contribution is 5.79. The van der Waals surface area contributed by atoms with Gasteiger partial charge in [-0.15, -0.1) is 0 Å². The van der Waals surface area contributed by atoms with Crippen molar-refractivity contribution in [2.75, 3.05) is 33.3 Å². The van der Waals surface area contributed by atoms with E-state index in [1.165, 1.54) is 0 Å². The molecule has 0 atom stereocenters. The highest BCUT2D eigenvalue weighted by Crippen LogP contribution is 2.12. The molecule has 1 aliphatic heterocycles. The third-order valence-electron chi connectivity index (χ3n) is 3.99. The van der Waals surface area contributed by atoms with Crippen LogP contribution in [0.3, 0.4) is 0 Å². The average Bonchev–Trinajstić information content (AvgIpc) is 3.02. The molecule has 1 aromatic rings. The molecule has 24 heavy (non-hydrogen) atoms. The minimum absolute atomic E-state index is 0.287. The molecular weight excluding hydrogens is 304 g/mol. The number of likely N-dealkylation sites (tertiary alicyclic amines) is 1. The molecular formula is C18H28N4O2. The van der Waals surface area contributed by atoms with E-state index in [1.54, 1.807) is 7.11 Å². The van der Waals surface area contributed by atoms with Crippen LogP contribution in [0, 0.1) is 0 Å². The summed E-state index contributed by atoms with van der Waals surface area (Å²) in [7, 11) is 1.66. The Kier molecular flexibility index (Phi) is 7.39. The third-order valence-corrected chi connectivity index (χ3v) is 3.99. The second-order valence-electron chi connectivity index (χ2n) is 5.81. The summed E-state index contributed by atoms with van der Waals surface area (Å²) < 4.78 is 5.16. The fraction of sp³-hybridized carbons (Fsp3) is 0.556. The number of nitrogens with zero attached hydrogens (tertiary/aromatic N) is 2. The molecule has 6 heteroatoms. The molecule has 132 valence electrons. The Morgan fingerprint density at radius 3 is 2.71 bits per heavy atom. The fourth-order valence-electron chi connectivity index (χ4n) is 2.66. The average molecular weight is 332 g/mol. The van der Waals surface area contributed by atoms with Crippen LogP contribution in [0.5, 0.6) is 5.75 Å². The topological polar surface area (TPSA) is 66.0 Å². The van der Waals surface area contributed by atoms with Gasteiger partial charge in [0.05, 0.1) is 13.7 Å². The van der Waals surface area contributed by atoms with Crippen LogP contribution in [0.15, 0.2) is 29.3 Å². The molecule has 6 nitrogen and oxygen atoms in total. The largest absolute Gasteiger partial charge is 0.497 e. The first-order valence-electron chi connectivity index (χ1n) is 8.66. The number of benzene rings is 1. The van der Waals surface area contributed by atoms with Crippen LogP contribution in [0.25, 0.3) is 0 Å². The summed E-state index contributed by atoms with van der Waals surface area (Å²) in [4.78, 5) is 18.1. The Bertz CT molecular complexity index is 542. The molecule has 1 aromatic carbocycles. The maximum Gasteiger partial charge on any atom is 0.222 e. The van der Waals surface area contributed by atoms with Gasteiger partial charge in [-0.3, -0.25) is 4.79 Å². The van der Waals surface area contributed by atoms with Crippen LogP contribution in [0.4, 0.5) is 0 Å². The van der Waals surface area contributed by atoms with Crippen molar-refractivity contribution < 1.29 is 9.53 Å². The molecule has 2 rings (SSSR count). The fourth-order valence-corrected chi connectivity index (χ4v) is 2.66. The molecule has 1 fully saturated rings. The van der Waals surface area contributed by atoms with Crippen LogP contribution in [0.1, 0.15) is 31.7 Å². The smallest absolute Gasteiger partial charge is 0.222 e. The Labute approximate surface area is 144 Å². The number of rotatable bonds is 8. The van der Waals surface area contributed by atoms with Gasteiger partial charge < -0.3 is 20.3 Å². The lowest BCUT2D eigenvalue weighted by Gasteiger charge is -2.16. The number of hydrogen-bond donors (Lipinski definition) is 2. The predicted octanol–water partition coefficient (Wildman–Crippen LogP) is 1.76.